The average molecular weight is 249 g/mol. The largest absolute Gasteiger partial charge is 0.331 e. The predicted molar refractivity (Wildman–Crippen MR) is 75.6 cm³/mol. The van der Waals surface area contributed by atoms with Crippen molar-refractivity contribution in [1.29, 1.82) is 0 Å². The minimum absolute atomic E-state index is 0.311. The number of hydrogen-bond donors (Lipinski definition) is 1. The smallest absolute Gasteiger partial charge is 0.109 e. The summed E-state index contributed by atoms with van der Waals surface area (Å²) >= 11 is 0. The second-order valence-electron chi connectivity index (χ2n) is 7.09. The number of hydrogen-bond acceptors (Lipinski definition) is 2. The normalized spacial score (nSPS) is 16.1. The number of aromatic nitrogens is 2. The summed E-state index contributed by atoms with van der Waals surface area (Å²) in [7, 11) is 0. The van der Waals surface area contributed by atoms with Crippen LogP contribution in [-0.4, -0.2) is 16.1 Å². The van der Waals surface area contributed by atoms with Crippen LogP contribution in [0.2, 0.25) is 0 Å². The van der Waals surface area contributed by atoms with Gasteiger partial charge in [0.2, 0.25) is 0 Å². The molecular weight excluding hydrogens is 222 g/mol. The maximum atomic E-state index is 4.88. The molecule has 1 aliphatic heterocycles. The van der Waals surface area contributed by atoms with Gasteiger partial charge in [0.15, 0.2) is 0 Å². The Morgan fingerprint density at radius 3 is 2.67 bits per heavy atom. The van der Waals surface area contributed by atoms with E-state index in [4.69, 9.17) is 4.98 Å². The van der Waals surface area contributed by atoms with Gasteiger partial charge in [0.25, 0.3) is 0 Å². The average Bonchev–Trinajstić information content (AvgIpc) is 2.54. The van der Waals surface area contributed by atoms with Crippen molar-refractivity contribution in [3.05, 3.63) is 17.2 Å². The third-order valence-corrected chi connectivity index (χ3v) is 3.29. The van der Waals surface area contributed by atoms with Gasteiger partial charge in [-0.2, -0.15) is 0 Å². The van der Waals surface area contributed by atoms with Crippen LogP contribution in [0.4, 0.5) is 0 Å². The molecule has 2 heterocycles. The van der Waals surface area contributed by atoms with Crippen molar-refractivity contribution < 1.29 is 0 Å². The van der Waals surface area contributed by atoms with Crippen LogP contribution >= 0.6 is 0 Å². The first-order valence-corrected chi connectivity index (χ1v) is 7.14. The highest BCUT2D eigenvalue weighted by Crippen LogP contribution is 2.24. The zero-order valence-electron chi connectivity index (χ0n) is 12.5. The summed E-state index contributed by atoms with van der Waals surface area (Å²) in [5, 5.41) is 3.42. The maximum absolute atomic E-state index is 4.88. The quantitative estimate of drug-likeness (QED) is 0.892. The van der Waals surface area contributed by atoms with E-state index in [0.29, 0.717) is 11.3 Å². The van der Waals surface area contributed by atoms with Crippen molar-refractivity contribution in [2.45, 2.75) is 60.5 Å². The van der Waals surface area contributed by atoms with Crippen LogP contribution in [0.1, 0.15) is 51.8 Å². The molecule has 0 bridgehead atoms. The second kappa shape index (κ2) is 5.04. The van der Waals surface area contributed by atoms with Crippen molar-refractivity contribution in [2.75, 3.05) is 6.54 Å². The SMILES string of the molecule is CC(C)Cc1nc2c(n1CC(C)(C)C)CCNC2. The van der Waals surface area contributed by atoms with E-state index in [0.717, 1.165) is 32.5 Å². The molecule has 1 aliphatic rings. The Hall–Kier alpha value is -0.830. The van der Waals surface area contributed by atoms with E-state index in [2.05, 4.69) is 44.5 Å². The molecule has 0 saturated heterocycles. The van der Waals surface area contributed by atoms with Gasteiger partial charge in [-0.1, -0.05) is 34.6 Å². The van der Waals surface area contributed by atoms with Gasteiger partial charge in [-0.15, -0.1) is 0 Å². The van der Waals surface area contributed by atoms with Crippen molar-refractivity contribution in [1.82, 2.24) is 14.9 Å². The number of imidazole rings is 1. The summed E-state index contributed by atoms with van der Waals surface area (Å²) in [4.78, 5) is 4.88. The van der Waals surface area contributed by atoms with E-state index in [9.17, 15) is 0 Å². The molecular formula is C15H27N3. The molecule has 1 N–H and O–H groups in total. The van der Waals surface area contributed by atoms with E-state index < -0.39 is 0 Å². The minimum Gasteiger partial charge on any atom is -0.331 e. The minimum atomic E-state index is 0.311. The van der Waals surface area contributed by atoms with Crippen LogP contribution in [0, 0.1) is 11.3 Å². The summed E-state index contributed by atoms with van der Waals surface area (Å²) in [6, 6.07) is 0. The molecule has 3 heteroatoms. The van der Waals surface area contributed by atoms with Gasteiger partial charge in [0, 0.05) is 38.2 Å². The Bertz CT molecular complexity index is 410. The third-order valence-electron chi connectivity index (χ3n) is 3.29. The van der Waals surface area contributed by atoms with Gasteiger partial charge >= 0.3 is 0 Å². The topological polar surface area (TPSA) is 29.9 Å². The van der Waals surface area contributed by atoms with Crippen molar-refractivity contribution in [3.8, 4) is 0 Å². The van der Waals surface area contributed by atoms with Gasteiger partial charge in [-0.3, -0.25) is 0 Å². The lowest BCUT2D eigenvalue weighted by Gasteiger charge is -2.24. The highest BCUT2D eigenvalue weighted by atomic mass is 15.1. The first-order valence-electron chi connectivity index (χ1n) is 7.14. The summed E-state index contributed by atoms with van der Waals surface area (Å²) in [6.07, 6.45) is 2.21. The number of nitrogens with one attached hydrogen (secondary N) is 1. The molecule has 0 fully saturated rings. The first-order chi connectivity index (χ1) is 8.37. The van der Waals surface area contributed by atoms with Gasteiger partial charge in [-0.25, -0.2) is 4.98 Å². The van der Waals surface area contributed by atoms with E-state index >= 15 is 0 Å². The summed E-state index contributed by atoms with van der Waals surface area (Å²) < 4.78 is 2.50. The fourth-order valence-corrected chi connectivity index (χ4v) is 2.61. The summed E-state index contributed by atoms with van der Waals surface area (Å²) in [5.74, 6) is 1.95. The van der Waals surface area contributed by atoms with E-state index in [1.165, 1.54) is 17.2 Å². The second-order valence-corrected chi connectivity index (χ2v) is 7.09. The Morgan fingerprint density at radius 2 is 2.06 bits per heavy atom. The van der Waals surface area contributed by atoms with Crippen molar-refractivity contribution >= 4 is 0 Å². The Morgan fingerprint density at radius 1 is 1.33 bits per heavy atom. The molecule has 0 radical (unpaired) electrons. The molecule has 0 amide bonds. The lowest BCUT2D eigenvalue weighted by atomic mass is 9.96. The highest BCUT2D eigenvalue weighted by Gasteiger charge is 2.23. The van der Waals surface area contributed by atoms with Crippen molar-refractivity contribution in [3.63, 3.8) is 0 Å². The number of rotatable bonds is 3. The van der Waals surface area contributed by atoms with E-state index in [1.54, 1.807) is 0 Å². The molecule has 0 atom stereocenters. The van der Waals surface area contributed by atoms with Gasteiger partial charge in [-0.05, 0) is 11.3 Å². The van der Waals surface area contributed by atoms with Crippen LogP contribution in [0.25, 0.3) is 0 Å². The molecule has 2 rings (SSSR count). The van der Waals surface area contributed by atoms with Crippen molar-refractivity contribution in [2.24, 2.45) is 11.3 Å². The van der Waals surface area contributed by atoms with Crippen LogP contribution in [0.15, 0.2) is 0 Å². The number of nitrogens with zero attached hydrogens (tertiary/aromatic N) is 2. The van der Waals surface area contributed by atoms with Crippen LogP contribution in [0.3, 0.4) is 0 Å². The van der Waals surface area contributed by atoms with Gasteiger partial charge in [0.1, 0.15) is 5.82 Å². The van der Waals surface area contributed by atoms with Crippen LogP contribution in [0.5, 0.6) is 0 Å². The summed E-state index contributed by atoms with van der Waals surface area (Å²) in [5.41, 5.74) is 3.06. The molecule has 0 unspecified atom stereocenters. The maximum Gasteiger partial charge on any atom is 0.109 e. The van der Waals surface area contributed by atoms with E-state index in [1.807, 2.05) is 0 Å². The van der Waals surface area contributed by atoms with Crippen LogP contribution < -0.4 is 5.32 Å². The summed E-state index contributed by atoms with van der Waals surface area (Å²) in [6.45, 7) is 14.6. The lowest BCUT2D eigenvalue weighted by molar-refractivity contribution is 0.329. The molecule has 3 nitrogen and oxygen atoms in total. The molecule has 1 aromatic rings. The Labute approximate surface area is 111 Å². The number of fused-ring (bicyclic) bond motifs is 1. The molecule has 0 saturated carbocycles. The highest BCUT2D eigenvalue weighted by molar-refractivity contribution is 5.21. The van der Waals surface area contributed by atoms with Gasteiger partial charge < -0.3 is 9.88 Å². The Kier molecular flexibility index (Phi) is 3.81. The zero-order chi connectivity index (χ0) is 13.3. The fourth-order valence-electron chi connectivity index (χ4n) is 2.61. The third kappa shape index (κ3) is 3.14. The molecule has 0 spiro atoms. The zero-order valence-corrected chi connectivity index (χ0v) is 12.5. The first kappa shape index (κ1) is 13.6. The Balaban J connectivity index is 2.35. The van der Waals surface area contributed by atoms with Crippen LogP contribution in [-0.2, 0) is 25.9 Å². The standard InChI is InChI=1S/C15H27N3/c1-11(2)8-14-17-12-9-16-7-6-13(12)18(14)10-15(3,4)5/h11,16H,6-10H2,1-5H3. The monoisotopic (exact) mass is 249 g/mol. The van der Waals surface area contributed by atoms with Gasteiger partial charge in [0.05, 0.1) is 5.69 Å². The molecule has 0 aliphatic carbocycles. The predicted octanol–water partition coefficient (Wildman–Crippen LogP) is 2.77. The molecule has 0 aromatic carbocycles. The fraction of sp³-hybridized carbons (Fsp3) is 0.800. The molecule has 1 aromatic heterocycles. The lowest BCUT2D eigenvalue weighted by Crippen LogP contribution is -2.27. The molecule has 102 valence electrons. The molecule has 18 heavy (non-hydrogen) atoms. The van der Waals surface area contributed by atoms with E-state index in [-0.39, 0.29) is 0 Å².